The van der Waals surface area contributed by atoms with Gasteiger partial charge in [-0.1, -0.05) is 17.7 Å². The highest BCUT2D eigenvalue weighted by atomic mass is 35.5. The van der Waals surface area contributed by atoms with Gasteiger partial charge in [0, 0.05) is 0 Å². The summed E-state index contributed by atoms with van der Waals surface area (Å²) in [5.74, 6) is -3.15. The van der Waals surface area contributed by atoms with Gasteiger partial charge in [-0.2, -0.15) is 0 Å². The van der Waals surface area contributed by atoms with Crippen molar-refractivity contribution in [3.05, 3.63) is 46.2 Å². The number of halogens is 3. The van der Waals surface area contributed by atoms with Crippen LogP contribution in [-0.4, -0.2) is 29.8 Å². The van der Waals surface area contributed by atoms with E-state index >= 15 is 0 Å². The van der Waals surface area contributed by atoms with E-state index in [1.807, 2.05) is 0 Å². The average molecular weight is 350 g/mol. The van der Waals surface area contributed by atoms with Crippen molar-refractivity contribution in [1.29, 1.82) is 0 Å². The summed E-state index contributed by atoms with van der Waals surface area (Å²) >= 11 is 5.49. The second-order valence-electron chi connectivity index (χ2n) is 4.50. The van der Waals surface area contributed by atoms with Crippen LogP contribution in [0.5, 0.6) is 0 Å². The van der Waals surface area contributed by atoms with Gasteiger partial charge in [-0.05, 0) is 24.6 Å². The number of hydrogen-bond donors (Lipinski definition) is 1. The summed E-state index contributed by atoms with van der Waals surface area (Å²) in [6.07, 6.45) is 0.743. The van der Waals surface area contributed by atoms with Crippen molar-refractivity contribution in [3.63, 3.8) is 0 Å². The normalized spacial score (nSPS) is 11.5. The molecule has 1 amide bonds. The number of benzene rings is 1. The molecule has 1 aromatic carbocycles. The number of hydrogen-bond acceptors (Lipinski definition) is 4. The topological polar surface area (TPSA) is 81.1 Å². The van der Waals surface area contributed by atoms with Gasteiger partial charge in [0.15, 0.2) is 16.7 Å². The van der Waals surface area contributed by atoms with Gasteiger partial charge in [-0.15, -0.1) is 9.19 Å². The smallest absolute Gasteiger partial charge is 0.279 e. The summed E-state index contributed by atoms with van der Waals surface area (Å²) in [4.78, 5) is 11.9. The van der Waals surface area contributed by atoms with E-state index in [2.05, 4.69) is 10.4 Å². The first-order chi connectivity index (χ1) is 10.1. The molecule has 2 aromatic rings. The summed E-state index contributed by atoms with van der Waals surface area (Å²) in [6, 6.07) is 4.00. The van der Waals surface area contributed by atoms with Crippen LogP contribution >= 0.6 is 11.6 Å². The summed E-state index contributed by atoms with van der Waals surface area (Å²) in [7, 11) is -3.98. The monoisotopic (exact) mass is 349 g/mol. The zero-order valence-electron chi connectivity index (χ0n) is 11.4. The summed E-state index contributed by atoms with van der Waals surface area (Å²) < 4.78 is 50.4. The SMILES string of the molecule is Cc1ccc(NC(=O)c2nn(S(C)(=O)=O)c(Cl)c2F)c(F)c1. The van der Waals surface area contributed by atoms with Crippen molar-refractivity contribution < 1.29 is 22.0 Å². The molecule has 0 fully saturated rings. The summed E-state index contributed by atoms with van der Waals surface area (Å²) in [5.41, 5.74) is -0.415. The largest absolute Gasteiger partial charge is 0.318 e. The van der Waals surface area contributed by atoms with Gasteiger partial charge in [0.2, 0.25) is 0 Å². The van der Waals surface area contributed by atoms with Crippen LogP contribution in [-0.2, 0) is 10.0 Å². The van der Waals surface area contributed by atoms with Crippen LogP contribution in [0.15, 0.2) is 18.2 Å². The molecule has 1 N–H and O–H groups in total. The average Bonchev–Trinajstić information content (AvgIpc) is 2.69. The minimum atomic E-state index is -3.98. The molecule has 0 saturated heterocycles. The van der Waals surface area contributed by atoms with E-state index in [4.69, 9.17) is 11.6 Å². The lowest BCUT2D eigenvalue weighted by atomic mass is 10.2. The molecule has 0 atom stereocenters. The maximum Gasteiger partial charge on any atom is 0.279 e. The molecule has 1 heterocycles. The molecule has 0 unspecified atom stereocenters. The van der Waals surface area contributed by atoms with E-state index in [0.29, 0.717) is 5.56 Å². The second-order valence-corrected chi connectivity index (χ2v) is 6.67. The first kappa shape index (κ1) is 16.4. The predicted octanol–water partition coefficient (Wildman–Crippen LogP) is 2.18. The van der Waals surface area contributed by atoms with Gasteiger partial charge >= 0.3 is 0 Å². The van der Waals surface area contributed by atoms with E-state index in [1.54, 1.807) is 6.92 Å². The Balaban J connectivity index is 2.38. The van der Waals surface area contributed by atoms with E-state index in [1.165, 1.54) is 18.2 Å². The van der Waals surface area contributed by atoms with Gasteiger partial charge < -0.3 is 5.32 Å². The molecule has 0 aliphatic heterocycles. The Bertz CT molecular complexity index is 865. The molecule has 0 aliphatic carbocycles. The molecule has 6 nitrogen and oxygen atoms in total. The van der Waals surface area contributed by atoms with Crippen molar-refractivity contribution in [2.45, 2.75) is 6.92 Å². The Morgan fingerprint density at radius 1 is 1.36 bits per heavy atom. The van der Waals surface area contributed by atoms with Gasteiger partial charge in [-0.25, -0.2) is 17.2 Å². The maximum absolute atomic E-state index is 13.8. The first-order valence-electron chi connectivity index (χ1n) is 5.83. The standard InChI is InChI=1S/C12H10ClF2N3O3S/c1-6-3-4-8(7(14)5-6)16-12(19)10-9(15)11(13)18(17-10)22(2,20)21/h3-5H,1-2H3,(H,16,19). The molecular formula is C12H10ClF2N3O3S. The van der Waals surface area contributed by atoms with Crippen LogP contribution in [0, 0.1) is 18.6 Å². The quantitative estimate of drug-likeness (QED) is 0.921. The van der Waals surface area contributed by atoms with Crippen LogP contribution in [0.1, 0.15) is 16.1 Å². The minimum absolute atomic E-state index is 0.185. The number of rotatable bonds is 3. The molecule has 0 bridgehead atoms. The van der Waals surface area contributed by atoms with Crippen molar-refractivity contribution in [2.75, 3.05) is 11.6 Å². The molecule has 0 aliphatic rings. The maximum atomic E-state index is 13.8. The fourth-order valence-electron chi connectivity index (χ4n) is 1.63. The molecule has 0 saturated carbocycles. The second kappa shape index (κ2) is 5.65. The van der Waals surface area contributed by atoms with Crippen molar-refractivity contribution >= 4 is 33.2 Å². The number of anilines is 1. The molecule has 1 aromatic heterocycles. The number of nitrogens with zero attached hydrogens (tertiary/aromatic N) is 2. The van der Waals surface area contributed by atoms with Crippen LogP contribution in [0.25, 0.3) is 0 Å². The van der Waals surface area contributed by atoms with Crippen LogP contribution in [0.2, 0.25) is 5.15 Å². The zero-order chi connectivity index (χ0) is 16.7. The molecular weight excluding hydrogens is 340 g/mol. The lowest BCUT2D eigenvalue weighted by Crippen LogP contribution is -2.17. The lowest BCUT2D eigenvalue weighted by molar-refractivity contribution is 0.101. The third-order valence-corrected chi connectivity index (χ3v) is 3.97. The summed E-state index contributed by atoms with van der Waals surface area (Å²) in [5, 5.41) is 4.56. The third-order valence-electron chi connectivity index (χ3n) is 2.65. The molecule has 0 radical (unpaired) electrons. The number of carbonyl (C=O) groups is 1. The van der Waals surface area contributed by atoms with Crippen LogP contribution in [0.3, 0.4) is 0 Å². The minimum Gasteiger partial charge on any atom is -0.318 e. The van der Waals surface area contributed by atoms with E-state index < -0.39 is 38.4 Å². The number of amides is 1. The molecule has 118 valence electrons. The fourth-order valence-corrected chi connectivity index (χ4v) is 2.73. The van der Waals surface area contributed by atoms with Crippen molar-refractivity contribution in [1.82, 2.24) is 9.19 Å². The number of aromatic nitrogens is 2. The third kappa shape index (κ3) is 3.09. The van der Waals surface area contributed by atoms with Crippen LogP contribution in [0.4, 0.5) is 14.5 Å². The number of aryl methyl sites for hydroxylation is 1. The zero-order valence-corrected chi connectivity index (χ0v) is 13.0. The lowest BCUT2D eigenvalue weighted by Gasteiger charge is -2.05. The molecule has 22 heavy (non-hydrogen) atoms. The van der Waals surface area contributed by atoms with E-state index in [0.717, 1.165) is 6.26 Å². The highest BCUT2D eigenvalue weighted by Crippen LogP contribution is 2.21. The van der Waals surface area contributed by atoms with Gasteiger partial charge in [0.05, 0.1) is 11.9 Å². The van der Waals surface area contributed by atoms with E-state index in [-0.39, 0.29) is 9.77 Å². The van der Waals surface area contributed by atoms with E-state index in [9.17, 15) is 22.0 Å². The predicted molar refractivity (Wildman–Crippen MR) is 76.5 cm³/mol. The Labute approximate surface area is 129 Å². The Hall–Kier alpha value is -2.00. The Kier molecular flexibility index (Phi) is 4.21. The first-order valence-corrected chi connectivity index (χ1v) is 8.06. The number of carbonyl (C=O) groups excluding carboxylic acids is 1. The molecule has 2 rings (SSSR count). The highest BCUT2D eigenvalue weighted by Gasteiger charge is 2.26. The molecule has 10 heteroatoms. The van der Waals surface area contributed by atoms with Crippen molar-refractivity contribution in [2.24, 2.45) is 0 Å². The highest BCUT2D eigenvalue weighted by molar-refractivity contribution is 7.89. The van der Waals surface area contributed by atoms with Gasteiger partial charge in [0.1, 0.15) is 5.82 Å². The van der Waals surface area contributed by atoms with Crippen molar-refractivity contribution in [3.8, 4) is 0 Å². The van der Waals surface area contributed by atoms with Gasteiger partial charge in [0.25, 0.3) is 15.9 Å². The number of nitrogens with one attached hydrogen (secondary N) is 1. The summed E-state index contributed by atoms with van der Waals surface area (Å²) in [6.45, 7) is 1.65. The fraction of sp³-hybridized carbons (Fsp3) is 0.167. The molecule has 0 spiro atoms. The Morgan fingerprint density at radius 3 is 2.50 bits per heavy atom. The van der Waals surface area contributed by atoms with Gasteiger partial charge in [-0.3, -0.25) is 4.79 Å². The Morgan fingerprint density at radius 2 is 2.00 bits per heavy atom. The van der Waals surface area contributed by atoms with Crippen LogP contribution < -0.4 is 5.32 Å².